The number of rotatable bonds is 4. The molecule has 1 aromatic rings. The predicted molar refractivity (Wildman–Crippen MR) is 68.9 cm³/mol. The van der Waals surface area contributed by atoms with E-state index in [1.165, 1.54) is 0 Å². The second-order valence-electron chi connectivity index (χ2n) is 4.92. The highest BCUT2D eigenvalue weighted by molar-refractivity contribution is 5.94. The molecule has 0 spiro atoms. The fourth-order valence-corrected chi connectivity index (χ4v) is 1.98. The maximum atomic E-state index is 12.4. The average molecular weight is 246 g/mol. The summed E-state index contributed by atoms with van der Waals surface area (Å²) in [5.74, 6) is -0.0682. The van der Waals surface area contributed by atoms with Crippen LogP contribution in [0.1, 0.15) is 42.7 Å². The number of amides is 1. The van der Waals surface area contributed by atoms with Crippen LogP contribution in [0.2, 0.25) is 0 Å². The molecule has 2 rings (SSSR count). The monoisotopic (exact) mass is 246 g/mol. The highest BCUT2D eigenvalue weighted by Crippen LogP contribution is 2.37. The van der Waals surface area contributed by atoms with Crippen molar-refractivity contribution in [1.29, 1.82) is 5.26 Å². The second kappa shape index (κ2) is 4.73. The number of anilines is 1. The SMILES string of the molecule is CC(CC#N)N(C)C(=O)c1cc(N)cn1C1CC1. The lowest BCUT2D eigenvalue weighted by Crippen LogP contribution is -2.35. The molecule has 1 amide bonds. The van der Waals surface area contributed by atoms with Gasteiger partial charge >= 0.3 is 0 Å². The molecule has 1 aliphatic rings. The number of aromatic nitrogens is 1. The minimum absolute atomic E-state index is 0.0682. The maximum Gasteiger partial charge on any atom is 0.270 e. The van der Waals surface area contributed by atoms with Crippen LogP contribution >= 0.6 is 0 Å². The number of nitriles is 1. The van der Waals surface area contributed by atoms with Gasteiger partial charge in [-0.1, -0.05) is 0 Å². The maximum absolute atomic E-state index is 12.4. The number of nitrogen functional groups attached to an aromatic ring is 1. The molecule has 2 N–H and O–H groups in total. The van der Waals surface area contributed by atoms with Crippen LogP contribution < -0.4 is 5.73 Å². The molecule has 1 fully saturated rings. The van der Waals surface area contributed by atoms with E-state index < -0.39 is 0 Å². The van der Waals surface area contributed by atoms with E-state index in [1.807, 2.05) is 17.7 Å². The van der Waals surface area contributed by atoms with Gasteiger partial charge in [-0.2, -0.15) is 5.26 Å². The minimum atomic E-state index is -0.0914. The smallest absolute Gasteiger partial charge is 0.270 e. The molecule has 1 unspecified atom stereocenters. The molecule has 0 aliphatic heterocycles. The standard InChI is InChI=1S/C13H18N4O/c1-9(5-6-14)16(2)13(18)12-7-10(15)8-17(12)11-3-4-11/h7-9,11H,3-5,15H2,1-2H3. The zero-order valence-corrected chi connectivity index (χ0v) is 10.8. The average Bonchev–Trinajstić information content (AvgIpc) is 3.11. The lowest BCUT2D eigenvalue weighted by Gasteiger charge is -2.23. The molecule has 5 nitrogen and oxygen atoms in total. The highest BCUT2D eigenvalue weighted by atomic mass is 16.2. The third-order valence-corrected chi connectivity index (χ3v) is 3.40. The van der Waals surface area contributed by atoms with Crippen LogP contribution in [0.4, 0.5) is 5.69 Å². The van der Waals surface area contributed by atoms with Crippen LogP contribution in [0, 0.1) is 11.3 Å². The van der Waals surface area contributed by atoms with Crippen molar-refractivity contribution in [2.75, 3.05) is 12.8 Å². The normalized spacial score (nSPS) is 16.1. The van der Waals surface area contributed by atoms with Crippen LogP contribution in [0.25, 0.3) is 0 Å². The van der Waals surface area contributed by atoms with Crippen LogP contribution in [0.3, 0.4) is 0 Å². The lowest BCUT2D eigenvalue weighted by atomic mass is 10.2. The van der Waals surface area contributed by atoms with Gasteiger partial charge in [-0.3, -0.25) is 4.79 Å². The van der Waals surface area contributed by atoms with Gasteiger partial charge in [-0.25, -0.2) is 0 Å². The Morgan fingerprint density at radius 1 is 1.72 bits per heavy atom. The summed E-state index contributed by atoms with van der Waals surface area (Å²) in [4.78, 5) is 14.0. The Labute approximate surface area is 107 Å². The third-order valence-electron chi connectivity index (χ3n) is 3.40. The summed E-state index contributed by atoms with van der Waals surface area (Å²) >= 11 is 0. The zero-order chi connectivity index (χ0) is 13.3. The number of carbonyl (C=O) groups excluding carboxylic acids is 1. The summed E-state index contributed by atoms with van der Waals surface area (Å²) in [5, 5.41) is 8.68. The summed E-state index contributed by atoms with van der Waals surface area (Å²) < 4.78 is 1.97. The molecule has 0 bridgehead atoms. The van der Waals surface area contributed by atoms with Gasteiger partial charge in [0.2, 0.25) is 0 Å². The molecule has 1 aromatic heterocycles. The first-order valence-corrected chi connectivity index (χ1v) is 6.16. The number of nitrogens with two attached hydrogens (primary N) is 1. The molecule has 1 atom stereocenters. The van der Waals surface area contributed by atoms with Crippen LogP contribution in [-0.4, -0.2) is 28.5 Å². The summed E-state index contributed by atoms with van der Waals surface area (Å²) in [5.41, 5.74) is 7.02. The molecule has 1 heterocycles. The van der Waals surface area contributed by atoms with E-state index in [4.69, 9.17) is 11.0 Å². The lowest BCUT2D eigenvalue weighted by molar-refractivity contribution is 0.0735. The van der Waals surface area contributed by atoms with Crippen molar-refractivity contribution >= 4 is 11.6 Å². The Hall–Kier alpha value is -1.96. The molecule has 5 heteroatoms. The Morgan fingerprint density at radius 2 is 2.39 bits per heavy atom. The first-order valence-electron chi connectivity index (χ1n) is 6.16. The molecule has 96 valence electrons. The predicted octanol–water partition coefficient (Wildman–Crippen LogP) is 1.78. The van der Waals surface area contributed by atoms with E-state index in [-0.39, 0.29) is 11.9 Å². The molecule has 0 saturated heterocycles. The van der Waals surface area contributed by atoms with Gasteiger partial charge < -0.3 is 15.2 Å². The third kappa shape index (κ3) is 2.33. The Kier molecular flexibility index (Phi) is 3.28. The molecule has 18 heavy (non-hydrogen) atoms. The van der Waals surface area contributed by atoms with Crippen LogP contribution in [0.15, 0.2) is 12.3 Å². The minimum Gasteiger partial charge on any atom is -0.397 e. The number of carbonyl (C=O) groups is 1. The van der Waals surface area contributed by atoms with Crippen molar-refractivity contribution in [2.45, 2.75) is 38.3 Å². The van der Waals surface area contributed by atoms with Crippen LogP contribution in [0.5, 0.6) is 0 Å². The Balaban J connectivity index is 2.20. The number of hydrogen-bond donors (Lipinski definition) is 1. The van der Waals surface area contributed by atoms with Gasteiger partial charge in [-0.05, 0) is 25.8 Å². The molecular weight excluding hydrogens is 228 g/mol. The van der Waals surface area contributed by atoms with E-state index in [2.05, 4.69) is 6.07 Å². The second-order valence-corrected chi connectivity index (χ2v) is 4.92. The van der Waals surface area contributed by atoms with E-state index in [0.29, 0.717) is 23.8 Å². The summed E-state index contributed by atoms with van der Waals surface area (Å²) in [6, 6.07) is 4.13. The van der Waals surface area contributed by atoms with Gasteiger partial charge in [-0.15, -0.1) is 0 Å². The number of hydrogen-bond acceptors (Lipinski definition) is 3. The van der Waals surface area contributed by atoms with E-state index in [0.717, 1.165) is 12.8 Å². The summed E-state index contributed by atoms with van der Waals surface area (Å²) in [6.45, 7) is 1.87. The molecular formula is C13H18N4O. The van der Waals surface area contributed by atoms with Gasteiger partial charge in [0.1, 0.15) is 5.69 Å². The first-order chi connectivity index (χ1) is 8.54. The van der Waals surface area contributed by atoms with Crippen molar-refractivity contribution in [2.24, 2.45) is 0 Å². The van der Waals surface area contributed by atoms with E-state index in [9.17, 15) is 4.79 Å². The Bertz CT molecular complexity index is 496. The van der Waals surface area contributed by atoms with Crippen molar-refractivity contribution in [3.8, 4) is 6.07 Å². The van der Waals surface area contributed by atoms with Gasteiger partial charge in [0.05, 0.1) is 18.2 Å². The molecule has 0 radical (unpaired) electrons. The van der Waals surface area contributed by atoms with E-state index in [1.54, 1.807) is 18.0 Å². The fourth-order valence-electron chi connectivity index (χ4n) is 1.98. The first kappa shape index (κ1) is 12.5. The van der Waals surface area contributed by atoms with Crippen molar-refractivity contribution in [3.05, 3.63) is 18.0 Å². The van der Waals surface area contributed by atoms with Gasteiger partial charge in [0.15, 0.2) is 0 Å². The summed E-state index contributed by atoms with van der Waals surface area (Å²) in [6.07, 6.45) is 4.37. The van der Waals surface area contributed by atoms with E-state index >= 15 is 0 Å². The fraction of sp³-hybridized carbons (Fsp3) is 0.538. The topological polar surface area (TPSA) is 75.1 Å². The molecule has 1 saturated carbocycles. The van der Waals surface area contributed by atoms with Gasteiger partial charge in [0, 0.05) is 25.3 Å². The molecule has 1 aliphatic carbocycles. The van der Waals surface area contributed by atoms with Crippen molar-refractivity contribution < 1.29 is 4.79 Å². The molecule has 0 aromatic carbocycles. The zero-order valence-electron chi connectivity index (χ0n) is 10.8. The quantitative estimate of drug-likeness (QED) is 0.879. The Morgan fingerprint density at radius 3 is 2.94 bits per heavy atom. The summed E-state index contributed by atoms with van der Waals surface area (Å²) in [7, 11) is 1.73. The van der Waals surface area contributed by atoms with Gasteiger partial charge in [0.25, 0.3) is 5.91 Å². The highest BCUT2D eigenvalue weighted by Gasteiger charge is 2.29. The van der Waals surface area contributed by atoms with Crippen molar-refractivity contribution in [3.63, 3.8) is 0 Å². The van der Waals surface area contributed by atoms with Crippen LogP contribution in [-0.2, 0) is 0 Å². The largest absolute Gasteiger partial charge is 0.397 e. The van der Waals surface area contributed by atoms with Crippen molar-refractivity contribution in [1.82, 2.24) is 9.47 Å². The number of nitrogens with zero attached hydrogens (tertiary/aromatic N) is 3.